The molecule has 0 unspecified atom stereocenters. The highest BCUT2D eigenvalue weighted by molar-refractivity contribution is 5.77. The number of carbonyl (C=O) groups is 1. The van der Waals surface area contributed by atoms with Crippen LogP contribution in [0.3, 0.4) is 0 Å². The van der Waals surface area contributed by atoms with Crippen LogP contribution >= 0.6 is 0 Å². The third kappa shape index (κ3) is 4.10. The molecule has 0 bridgehead atoms. The average molecular weight is 275 g/mol. The number of nitrogens with one attached hydrogen (secondary N) is 1. The Morgan fingerprint density at radius 3 is 2.85 bits per heavy atom. The molecule has 2 aromatic rings. The zero-order valence-corrected chi connectivity index (χ0v) is 11.0. The molecule has 0 aliphatic rings. The minimum atomic E-state index is -0.229. The molecule has 1 heterocycles. The number of amides is 1. The van der Waals surface area contributed by atoms with E-state index in [2.05, 4.69) is 10.4 Å². The van der Waals surface area contributed by atoms with Gasteiger partial charge in [-0.1, -0.05) is 18.2 Å². The summed E-state index contributed by atoms with van der Waals surface area (Å²) in [6.45, 7) is 0.414. The van der Waals surface area contributed by atoms with Gasteiger partial charge in [-0.15, -0.1) is 5.10 Å². The summed E-state index contributed by atoms with van der Waals surface area (Å²) < 4.78 is 6.97. The predicted molar refractivity (Wildman–Crippen MR) is 73.8 cm³/mol. The van der Waals surface area contributed by atoms with Gasteiger partial charge < -0.3 is 15.2 Å². The number of aliphatic hydroxyl groups excluding tert-OH is 1. The molecule has 2 rings (SSSR count). The average Bonchev–Trinajstić information content (AvgIpc) is 2.95. The molecule has 0 saturated carbocycles. The molecule has 1 aromatic heterocycles. The van der Waals surface area contributed by atoms with Gasteiger partial charge in [-0.25, -0.2) is 4.68 Å². The van der Waals surface area contributed by atoms with Crippen LogP contribution < -0.4 is 10.1 Å². The number of hydrogen-bond donors (Lipinski definition) is 2. The molecule has 6 nitrogen and oxygen atoms in total. The van der Waals surface area contributed by atoms with Crippen LogP contribution in [-0.2, 0) is 4.79 Å². The summed E-state index contributed by atoms with van der Waals surface area (Å²) in [4.78, 5) is 11.4. The van der Waals surface area contributed by atoms with Gasteiger partial charge >= 0.3 is 0 Å². The molecule has 2 N–H and O–H groups in total. The van der Waals surface area contributed by atoms with Crippen LogP contribution in [0.1, 0.15) is 6.42 Å². The number of benzene rings is 1. The largest absolute Gasteiger partial charge is 0.466 e. The van der Waals surface area contributed by atoms with Crippen molar-refractivity contribution in [3.63, 3.8) is 0 Å². The highest BCUT2D eigenvalue weighted by Gasteiger charge is 2.05. The zero-order valence-electron chi connectivity index (χ0n) is 11.0. The number of nitrogens with zero attached hydrogens (tertiary/aromatic N) is 2. The third-order valence-corrected chi connectivity index (χ3v) is 2.59. The number of ether oxygens (including phenoxy) is 1. The summed E-state index contributed by atoms with van der Waals surface area (Å²) in [5.74, 6) is 0.166. The summed E-state index contributed by atoms with van der Waals surface area (Å²) in [6.07, 6.45) is 2.31. The van der Waals surface area contributed by atoms with Crippen molar-refractivity contribution >= 4 is 5.91 Å². The Hall–Kier alpha value is -2.34. The third-order valence-electron chi connectivity index (χ3n) is 2.59. The Morgan fingerprint density at radius 1 is 1.30 bits per heavy atom. The minimum absolute atomic E-state index is 0.0582. The SMILES string of the molecule is O=C(COc1ccn(-c2ccccc2)n1)NCCCO. The Balaban J connectivity index is 1.83. The molecule has 20 heavy (non-hydrogen) atoms. The van der Waals surface area contributed by atoms with E-state index in [0.717, 1.165) is 5.69 Å². The lowest BCUT2D eigenvalue weighted by molar-refractivity contribution is -0.123. The van der Waals surface area contributed by atoms with Gasteiger partial charge in [0.25, 0.3) is 5.91 Å². The van der Waals surface area contributed by atoms with Crippen molar-refractivity contribution in [1.82, 2.24) is 15.1 Å². The molecule has 0 aliphatic heterocycles. The molecule has 0 atom stereocenters. The normalized spacial score (nSPS) is 10.2. The Labute approximate surface area is 117 Å². The summed E-state index contributed by atoms with van der Waals surface area (Å²) in [5.41, 5.74) is 0.926. The first-order chi connectivity index (χ1) is 9.79. The van der Waals surface area contributed by atoms with Crippen LogP contribution in [0.15, 0.2) is 42.6 Å². The first kappa shape index (κ1) is 14.1. The van der Waals surface area contributed by atoms with E-state index in [1.807, 2.05) is 30.3 Å². The number of rotatable bonds is 7. The lowest BCUT2D eigenvalue weighted by Crippen LogP contribution is -2.30. The number of carbonyl (C=O) groups excluding carboxylic acids is 1. The smallest absolute Gasteiger partial charge is 0.258 e. The maximum atomic E-state index is 11.4. The van der Waals surface area contributed by atoms with Crippen molar-refractivity contribution in [2.45, 2.75) is 6.42 Å². The number of aromatic nitrogens is 2. The highest BCUT2D eigenvalue weighted by Crippen LogP contribution is 2.11. The molecule has 0 aliphatic carbocycles. The first-order valence-corrected chi connectivity index (χ1v) is 6.41. The fourth-order valence-corrected chi connectivity index (χ4v) is 1.61. The molecule has 0 radical (unpaired) electrons. The summed E-state index contributed by atoms with van der Waals surface area (Å²) >= 11 is 0. The molecule has 106 valence electrons. The number of aliphatic hydroxyl groups is 1. The summed E-state index contributed by atoms with van der Waals surface area (Å²) in [6, 6.07) is 11.3. The Kier molecular flexibility index (Phi) is 5.14. The fourth-order valence-electron chi connectivity index (χ4n) is 1.61. The van der Waals surface area contributed by atoms with Crippen LogP contribution in [0, 0.1) is 0 Å². The lowest BCUT2D eigenvalue weighted by Gasteiger charge is -2.04. The van der Waals surface area contributed by atoms with E-state index >= 15 is 0 Å². The quantitative estimate of drug-likeness (QED) is 0.731. The highest BCUT2D eigenvalue weighted by atomic mass is 16.5. The van der Waals surface area contributed by atoms with Crippen LogP contribution in [0.2, 0.25) is 0 Å². The van der Waals surface area contributed by atoms with Crippen LogP contribution in [0.4, 0.5) is 0 Å². The van der Waals surface area contributed by atoms with E-state index in [4.69, 9.17) is 9.84 Å². The van der Waals surface area contributed by atoms with E-state index < -0.39 is 0 Å². The maximum Gasteiger partial charge on any atom is 0.258 e. The predicted octanol–water partition coefficient (Wildman–Crippen LogP) is 0.750. The Bertz CT molecular complexity index is 540. The van der Waals surface area contributed by atoms with E-state index in [1.165, 1.54) is 0 Å². The van der Waals surface area contributed by atoms with Gasteiger partial charge in [0.2, 0.25) is 5.88 Å². The van der Waals surface area contributed by atoms with E-state index in [-0.39, 0.29) is 19.1 Å². The number of para-hydroxylation sites is 1. The maximum absolute atomic E-state index is 11.4. The fraction of sp³-hybridized carbons (Fsp3) is 0.286. The Morgan fingerprint density at radius 2 is 2.10 bits per heavy atom. The molecule has 1 amide bonds. The van der Waals surface area contributed by atoms with Gasteiger partial charge in [0, 0.05) is 25.4 Å². The second-order valence-electron chi connectivity index (χ2n) is 4.15. The molecular weight excluding hydrogens is 258 g/mol. The molecular formula is C14H17N3O3. The van der Waals surface area contributed by atoms with Crippen LogP contribution in [-0.4, -0.2) is 40.6 Å². The van der Waals surface area contributed by atoms with Crippen molar-refractivity contribution in [1.29, 1.82) is 0 Å². The van der Waals surface area contributed by atoms with Gasteiger partial charge in [0.1, 0.15) is 0 Å². The molecule has 1 aromatic carbocycles. The monoisotopic (exact) mass is 275 g/mol. The van der Waals surface area contributed by atoms with Gasteiger partial charge in [0.05, 0.1) is 5.69 Å². The van der Waals surface area contributed by atoms with Gasteiger partial charge in [-0.05, 0) is 18.6 Å². The van der Waals surface area contributed by atoms with Crippen LogP contribution in [0.25, 0.3) is 5.69 Å². The molecule has 6 heteroatoms. The minimum Gasteiger partial charge on any atom is -0.466 e. The summed E-state index contributed by atoms with van der Waals surface area (Å²) in [7, 11) is 0. The molecule has 0 fully saturated rings. The topological polar surface area (TPSA) is 76.4 Å². The molecule has 0 spiro atoms. The van der Waals surface area contributed by atoms with Crippen LogP contribution in [0.5, 0.6) is 5.88 Å². The second kappa shape index (κ2) is 7.30. The van der Waals surface area contributed by atoms with E-state index in [9.17, 15) is 4.79 Å². The summed E-state index contributed by atoms with van der Waals surface area (Å²) in [5, 5.41) is 15.5. The van der Waals surface area contributed by atoms with Crippen molar-refractivity contribution in [2.24, 2.45) is 0 Å². The zero-order chi connectivity index (χ0) is 14.2. The van der Waals surface area contributed by atoms with Crippen molar-refractivity contribution in [2.75, 3.05) is 19.8 Å². The standard InChI is InChI=1S/C14H17N3O3/c18-10-4-8-15-13(19)11-20-14-7-9-17(16-14)12-5-2-1-3-6-12/h1-3,5-7,9,18H,4,8,10-11H2,(H,15,19). The van der Waals surface area contributed by atoms with E-state index in [1.54, 1.807) is 16.9 Å². The lowest BCUT2D eigenvalue weighted by atomic mass is 10.3. The van der Waals surface area contributed by atoms with E-state index in [0.29, 0.717) is 18.8 Å². The van der Waals surface area contributed by atoms with Gasteiger partial charge in [-0.3, -0.25) is 4.79 Å². The van der Waals surface area contributed by atoms with Crippen molar-refractivity contribution in [3.8, 4) is 11.6 Å². The molecule has 0 saturated heterocycles. The van der Waals surface area contributed by atoms with Gasteiger partial charge in [-0.2, -0.15) is 0 Å². The van der Waals surface area contributed by atoms with Crippen molar-refractivity contribution < 1.29 is 14.6 Å². The first-order valence-electron chi connectivity index (χ1n) is 6.41. The van der Waals surface area contributed by atoms with Crippen molar-refractivity contribution in [3.05, 3.63) is 42.6 Å². The second-order valence-corrected chi connectivity index (χ2v) is 4.15. The van der Waals surface area contributed by atoms with Gasteiger partial charge in [0.15, 0.2) is 6.61 Å². The number of hydrogen-bond acceptors (Lipinski definition) is 4.